The van der Waals surface area contributed by atoms with Crippen LogP contribution in [0.5, 0.6) is 5.75 Å². The smallest absolute Gasteiger partial charge is 0.404 e. The minimum Gasteiger partial charge on any atom is -0.404 e. The number of rotatable bonds is 7. The SMILES string of the molecule is C#CC(F)c1ccccc1OP(=O)(OCC)OCC. The zero-order valence-corrected chi connectivity index (χ0v) is 11.7. The highest BCUT2D eigenvalue weighted by Crippen LogP contribution is 2.50. The number of para-hydroxylation sites is 1. The highest BCUT2D eigenvalue weighted by atomic mass is 31.2. The molecule has 6 heteroatoms. The summed E-state index contributed by atoms with van der Waals surface area (Å²) in [6, 6.07) is 6.15. The minimum atomic E-state index is -3.75. The lowest BCUT2D eigenvalue weighted by Crippen LogP contribution is -2.04. The van der Waals surface area contributed by atoms with Crippen LogP contribution in [-0.2, 0) is 13.6 Å². The topological polar surface area (TPSA) is 44.8 Å². The second-order valence-electron chi connectivity index (χ2n) is 3.44. The summed E-state index contributed by atoms with van der Waals surface area (Å²) >= 11 is 0. The normalized spacial score (nSPS) is 12.7. The first-order chi connectivity index (χ1) is 9.06. The summed E-state index contributed by atoms with van der Waals surface area (Å²) in [5, 5.41) is 0. The lowest BCUT2D eigenvalue weighted by Gasteiger charge is -2.19. The Hall–Kier alpha value is -1.34. The molecule has 0 fully saturated rings. The van der Waals surface area contributed by atoms with E-state index >= 15 is 0 Å². The Morgan fingerprint density at radius 3 is 2.42 bits per heavy atom. The second-order valence-corrected chi connectivity index (χ2v) is 5.03. The maximum Gasteiger partial charge on any atom is 0.530 e. The van der Waals surface area contributed by atoms with Gasteiger partial charge in [0.2, 0.25) is 0 Å². The Bertz CT molecular complexity index is 488. The Morgan fingerprint density at radius 1 is 1.32 bits per heavy atom. The number of benzene rings is 1. The summed E-state index contributed by atoms with van der Waals surface area (Å²) in [6.07, 6.45) is 3.40. The summed E-state index contributed by atoms with van der Waals surface area (Å²) in [5.74, 6) is 2.01. The van der Waals surface area contributed by atoms with Gasteiger partial charge in [0.25, 0.3) is 0 Å². The third-order valence-corrected chi connectivity index (χ3v) is 3.69. The number of halogens is 1. The Morgan fingerprint density at radius 2 is 1.89 bits per heavy atom. The first kappa shape index (κ1) is 15.7. The molecule has 0 aliphatic carbocycles. The van der Waals surface area contributed by atoms with Crippen molar-refractivity contribution in [3.8, 4) is 18.1 Å². The molecule has 1 unspecified atom stereocenters. The number of alkyl halides is 1. The van der Waals surface area contributed by atoms with E-state index in [0.29, 0.717) is 0 Å². The van der Waals surface area contributed by atoms with Crippen molar-refractivity contribution in [3.05, 3.63) is 29.8 Å². The molecule has 0 bridgehead atoms. The highest BCUT2D eigenvalue weighted by Gasteiger charge is 2.29. The lowest BCUT2D eigenvalue weighted by molar-refractivity contribution is 0.166. The molecular weight excluding hydrogens is 270 g/mol. The Labute approximate surface area is 112 Å². The van der Waals surface area contributed by atoms with Gasteiger partial charge < -0.3 is 4.52 Å². The molecule has 104 valence electrons. The molecule has 0 spiro atoms. The van der Waals surface area contributed by atoms with E-state index in [0.717, 1.165) is 0 Å². The number of hydrogen-bond donors (Lipinski definition) is 0. The van der Waals surface area contributed by atoms with Crippen LogP contribution in [0.25, 0.3) is 0 Å². The fourth-order valence-electron chi connectivity index (χ4n) is 1.39. The molecule has 0 amide bonds. The van der Waals surface area contributed by atoms with Gasteiger partial charge in [0.15, 0.2) is 6.17 Å². The van der Waals surface area contributed by atoms with Crippen LogP contribution in [0.3, 0.4) is 0 Å². The molecule has 0 saturated carbocycles. The number of terminal acetylenes is 1. The summed E-state index contributed by atoms with van der Waals surface area (Å²) in [6.45, 7) is 3.60. The maximum atomic E-state index is 13.6. The fraction of sp³-hybridized carbons (Fsp3) is 0.385. The molecular formula is C13H16FO4P. The van der Waals surface area contributed by atoms with Crippen LogP contribution >= 0.6 is 7.82 Å². The van der Waals surface area contributed by atoms with Gasteiger partial charge in [-0.25, -0.2) is 8.96 Å². The van der Waals surface area contributed by atoms with Crippen molar-refractivity contribution in [1.82, 2.24) is 0 Å². The Balaban J connectivity index is 3.04. The first-order valence-electron chi connectivity index (χ1n) is 5.84. The van der Waals surface area contributed by atoms with Crippen molar-refractivity contribution in [3.63, 3.8) is 0 Å². The van der Waals surface area contributed by atoms with Crippen LogP contribution in [0.2, 0.25) is 0 Å². The first-order valence-corrected chi connectivity index (χ1v) is 7.30. The monoisotopic (exact) mass is 286 g/mol. The van der Waals surface area contributed by atoms with Crippen LogP contribution < -0.4 is 4.52 Å². The maximum absolute atomic E-state index is 13.6. The average Bonchev–Trinajstić information content (AvgIpc) is 2.39. The molecule has 0 heterocycles. The molecule has 0 aromatic heterocycles. The third-order valence-electron chi connectivity index (χ3n) is 2.12. The van der Waals surface area contributed by atoms with Crippen molar-refractivity contribution < 1.29 is 22.5 Å². The number of phosphoric ester groups is 1. The van der Waals surface area contributed by atoms with Gasteiger partial charge in [0, 0.05) is 5.56 Å². The molecule has 1 aromatic carbocycles. The Kier molecular flexibility index (Phi) is 6.04. The van der Waals surface area contributed by atoms with Crippen molar-refractivity contribution >= 4 is 7.82 Å². The molecule has 1 aromatic rings. The van der Waals surface area contributed by atoms with E-state index in [4.69, 9.17) is 20.0 Å². The van der Waals surface area contributed by atoms with Crippen LogP contribution in [0.1, 0.15) is 25.6 Å². The molecule has 0 aliphatic rings. The average molecular weight is 286 g/mol. The summed E-state index contributed by atoms with van der Waals surface area (Å²) in [5.41, 5.74) is 0.115. The van der Waals surface area contributed by atoms with Gasteiger partial charge in [-0.15, -0.1) is 6.42 Å². The van der Waals surface area contributed by atoms with Gasteiger partial charge in [-0.3, -0.25) is 9.05 Å². The minimum absolute atomic E-state index is 0.0539. The zero-order chi connectivity index (χ0) is 14.3. The largest absolute Gasteiger partial charge is 0.530 e. The summed E-state index contributed by atoms with van der Waals surface area (Å²) in [7, 11) is -3.75. The van der Waals surface area contributed by atoms with Gasteiger partial charge in [-0.2, -0.15) is 0 Å². The number of phosphoric acid groups is 1. The van der Waals surface area contributed by atoms with Gasteiger partial charge in [0.1, 0.15) is 5.75 Å². The molecule has 1 rings (SSSR count). The molecule has 0 aliphatic heterocycles. The van der Waals surface area contributed by atoms with E-state index in [2.05, 4.69) is 0 Å². The number of hydrogen-bond acceptors (Lipinski definition) is 4. The van der Waals surface area contributed by atoms with Gasteiger partial charge >= 0.3 is 7.82 Å². The van der Waals surface area contributed by atoms with Gasteiger partial charge in [0.05, 0.1) is 13.2 Å². The van der Waals surface area contributed by atoms with E-state index in [-0.39, 0.29) is 24.5 Å². The van der Waals surface area contributed by atoms with Crippen LogP contribution in [0.4, 0.5) is 4.39 Å². The van der Waals surface area contributed by atoms with Crippen LogP contribution in [-0.4, -0.2) is 13.2 Å². The third kappa shape index (κ3) is 4.36. The van der Waals surface area contributed by atoms with E-state index in [1.165, 1.54) is 12.1 Å². The predicted molar refractivity (Wildman–Crippen MR) is 70.6 cm³/mol. The van der Waals surface area contributed by atoms with Crippen LogP contribution in [0, 0.1) is 12.3 Å². The lowest BCUT2D eigenvalue weighted by atomic mass is 10.1. The highest BCUT2D eigenvalue weighted by molar-refractivity contribution is 7.48. The summed E-state index contributed by atoms with van der Waals surface area (Å²) in [4.78, 5) is 0. The molecule has 1 atom stereocenters. The van der Waals surface area contributed by atoms with E-state index < -0.39 is 14.0 Å². The van der Waals surface area contributed by atoms with E-state index in [9.17, 15) is 8.96 Å². The van der Waals surface area contributed by atoms with Crippen LogP contribution in [0.15, 0.2) is 24.3 Å². The molecule has 0 radical (unpaired) electrons. The van der Waals surface area contributed by atoms with Gasteiger partial charge in [-0.05, 0) is 19.9 Å². The standard InChI is InChI=1S/C13H16FO4P/c1-4-12(14)11-9-7-8-10-13(11)18-19(15,16-5-2)17-6-3/h1,7-10,12H,5-6H2,2-3H3. The van der Waals surface area contributed by atoms with Crippen molar-refractivity contribution in [1.29, 1.82) is 0 Å². The molecule has 4 nitrogen and oxygen atoms in total. The van der Waals surface area contributed by atoms with Gasteiger partial charge in [-0.1, -0.05) is 24.1 Å². The van der Waals surface area contributed by atoms with Crippen molar-refractivity contribution in [2.45, 2.75) is 20.0 Å². The molecule has 19 heavy (non-hydrogen) atoms. The quantitative estimate of drug-likeness (QED) is 0.563. The summed E-state index contributed by atoms with van der Waals surface area (Å²) < 4.78 is 41.0. The molecule has 0 N–H and O–H groups in total. The van der Waals surface area contributed by atoms with Crippen molar-refractivity contribution in [2.24, 2.45) is 0 Å². The van der Waals surface area contributed by atoms with E-state index in [1.54, 1.807) is 26.0 Å². The fourth-order valence-corrected chi connectivity index (χ4v) is 2.61. The van der Waals surface area contributed by atoms with E-state index in [1.807, 2.05) is 5.92 Å². The predicted octanol–water partition coefficient (Wildman–Crippen LogP) is 3.89. The zero-order valence-electron chi connectivity index (χ0n) is 10.8. The molecule has 0 saturated heterocycles. The van der Waals surface area contributed by atoms with Crippen molar-refractivity contribution in [2.75, 3.05) is 13.2 Å². The second kappa shape index (κ2) is 7.30.